The Morgan fingerprint density at radius 2 is 1.68 bits per heavy atom. The molecule has 11 heteroatoms. The van der Waals surface area contributed by atoms with Crippen molar-refractivity contribution < 1.29 is 24.0 Å². The number of carbonyl (C=O) groups excluding carboxylic acids is 3. The van der Waals surface area contributed by atoms with Gasteiger partial charge in [0.1, 0.15) is 17.7 Å². The lowest BCUT2D eigenvalue weighted by Gasteiger charge is -2.34. The van der Waals surface area contributed by atoms with E-state index in [1.54, 1.807) is 32.9 Å². The number of rotatable bonds is 10. The van der Waals surface area contributed by atoms with Gasteiger partial charge in [-0.3, -0.25) is 19.7 Å². The molecule has 0 fully saturated rings. The number of thioether (sulfide) groups is 1. The SMILES string of the molecule is CSC(C)(C)C(NC(=O)OC(C)(C)C)C(=O)NC(Cc1ccc([N+](=O)[O-])cc1)C(=O)NC1CCCc2ccccc21. The van der Waals surface area contributed by atoms with Crippen LogP contribution in [0.3, 0.4) is 0 Å². The topological polar surface area (TPSA) is 140 Å². The number of alkyl carbamates (subject to hydrolysis) is 1. The van der Waals surface area contributed by atoms with Crippen molar-refractivity contribution in [2.24, 2.45) is 0 Å². The summed E-state index contributed by atoms with van der Waals surface area (Å²) >= 11 is 1.39. The summed E-state index contributed by atoms with van der Waals surface area (Å²) in [7, 11) is 0. The van der Waals surface area contributed by atoms with Gasteiger partial charge in [0.15, 0.2) is 0 Å². The fourth-order valence-corrected chi connectivity index (χ4v) is 5.13. The summed E-state index contributed by atoms with van der Waals surface area (Å²) in [6.07, 6.45) is 3.82. The lowest BCUT2D eigenvalue weighted by molar-refractivity contribution is -0.384. The first-order valence-electron chi connectivity index (χ1n) is 13.7. The highest BCUT2D eigenvalue weighted by Crippen LogP contribution is 2.30. The summed E-state index contributed by atoms with van der Waals surface area (Å²) in [5, 5.41) is 19.8. The molecule has 0 saturated heterocycles. The number of fused-ring (bicyclic) bond motifs is 1. The zero-order valence-corrected chi connectivity index (χ0v) is 25.3. The number of non-ortho nitro benzene ring substituents is 1. The van der Waals surface area contributed by atoms with E-state index in [0.29, 0.717) is 5.56 Å². The molecule has 2 aromatic carbocycles. The molecule has 0 spiro atoms. The fourth-order valence-electron chi connectivity index (χ4n) is 4.73. The largest absolute Gasteiger partial charge is 0.444 e. The Kier molecular flexibility index (Phi) is 10.4. The van der Waals surface area contributed by atoms with E-state index < -0.39 is 39.4 Å². The molecule has 1 aliphatic carbocycles. The van der Waals surface area contributed by atoms with Crippen LogP contribution in [0.4, 0.5) is 10.5 Å². The van der Waals surface area contributed by atoms with Crippen molar-refractivity contribution in [2.75, 3.05) is 6.26 Å². The Bertz CT molecular complexity index is 1260. The highest BCUT2D eigenvalue weighted by atomic mass is 32.2. The van der Waals surface area contributed by atoms with Gasteiger partial charge in [0.2, 0.25) is 11.8 Å². The molecule has 2 aromatic rings. The van der Waals surface area contributed by atoms with Gasteiger partial charge in [-0.1, -0.05) is 36.4 Å². The summed E-state index contributed by atoms with van der Waals surface area (Å²) in [4.78, 5) is 50.7. The van der Waals surface area contributed by atoms with Gasteiger partial charge in [-0.2, -0.15) is 11.8 Å². The molecule has 3 amide bonds. The second-order valence-corrected chi connectivity index (χ2v) is 13.2. The summed E-state index contributed by atoms with van der Waals surface area (Å²) < 4.78 is 4.66. The average Bonchev–Trinajstić information content (AvgIpc) is 2.90. The van der Waals surface area contributed by atoms with Crippen LogP contribution in [-0.4, -0.2) is 51.5 Å². The van der Waals surface area contributed by atoms with Gasteiger partial charge in [-0.05, 0) is 76.8 Å². The van der Waals surface area contributed by atoms with Gasteiger partial charge in [-0.15, -0.1) is 0 Å². The van der Waals surface area contributed by atoms with E-state index in [9.17, 15) is 24.5 Å². The molecule has 3 atom stereocenters. The van der Waals surface area contributed by atoms with Gasteiger partial charge < -0.3 is 20.7 Å². The molecule has 0 aromatic heterocycles. The van der Waals surface area contributed by atoms with Crippen LogP contribution >= 0.6 is 11.8 Å². The van der Waals surface area contributed by atoms with E-state index in [-0.39, 0.29) is 24.1 Å². The van der Waals surface area contributed by atoms with E-state index in [4.69, 9.17) is 4.74 Å². The summed E-state index contributed by atoms with van der Waals surface area (Å²) in [5.41, 5.74) is 2.05. The van der Waals surface area contributed by atoms with E-state index >= 15 is 0 Å². The van der Waals surface area contributed by atoms with Gasteiger partial charge in [-0.25, -0.2) is 4.79 Å². The minimum atomic E-state index is -1.02. The molecule has 1 aliphatic rings. The average molecular weight is 585 g/mol. The number of amides is 3. The number of nitro benzene ring substituents is 1. The van der Waals surface area contributed by atoms with Crippen LogP contribution < -0.4 is 16.0 Å². The summed E-state index contributed by atoms with van der Waals surface area (Å²) in [6.45, 7) is 8.84. The van der Waals surface area contributed by atoms with E-state index in [1.165, 1.54) is 29.5 Å². The van der Waals surface area contributed by atoms with Crippen LogP contribution in [0.1, 0.15) is 70.2 Å². The highest BCUT2D eigenvalue weighted by molar-refractivity contribution is 8.00. The van der Waals surface area contributed by atoms with Crippen LogP contribution in [-0.2, 0) is 27.2 Å². The van der Waals surface area contributed by atoms with Crippen molar-refractivity contribution in [3.8, 4) is 0 Å². The van der Waals surface area contributed by atoms with E-state index in [1.807, 2.05) is 38.3 Å². The standard InChI is InChI=1S/C30H40N4O6S/c1-29(2,3)40-28(37)33-25(30(4,5)41-6)27(36)32-24(18-19-14-16-21(17-15-19)34(38)39)26(35)31-23-13-9-11-20-10-7-8-12-22(20)23/h7-8,10,12,14-17,23-25H,9,11,13,18H2,1-6H3,(H,31,35)(H,32,36)(H,33,37). The van der Waals surface area contributed by atoms with Crippen molar-refractivity contribution >= 4 is 35.4 Å². The summed E-state index contributed by atoms with van der Waals surface area (Å²) in [5.74, 6) is -0.919. The second-order valence-electron chi connectivity index (χ2n) is 11.7. The lowest BCUT2D eigenvalue weighted by atomic mass is 9.87. The van der Waals surface area contributed by atoms with Crippen LogP contribution in [0.15, 0.2) is 48.5 Å². The minimum absolute atomic E-state index is 0.0686. The predicted octanol–water partition coefficient (Wildman–Crippen LogP) is 4.85. The number of hydrogen-bond acceptors (Lipinski definition) is 7. The highest BCUT2D eigenvalue weighted by Gasteiger charge is 2.39. The third-order valence-electron chi connectivity index (χ3n) is 7.05. The summed E-state index contributed by atoms with van der Waals surface area (Å²) in [6, 6.07) is 11.6. The van der Waals surface area contributed by atoms with Crippen molar-refractivity contribution in [2.45, 2.75) is 88.8 Å². The third-order valence-corrected chi connectivity index (χ3v) is 8.34. The molecule has 0 aliphatic heterocycles. The molecular weight excluding hydrogens is 544 g/mol. The van der Waals surface area contributed by atoms with Crippen molar-refractivity contribution in [3.05, 3.63) is 75.3 Å². The third kappa shape index (κ3) is 8.94. The molecule has 3 rings (SSSR count). The maximum absolute atomic E-state index is 13.7. The van der Waals surface area contributed by atoms with Crippen LogP contribution in [0.5, 0.6) is 0 Å². The number of carbonyl (C=O) groups is 3. The quantitative estimate of drug-likeness (QED) is 0.268. The van der Waals surface area contributed by atoms with Crippen LogP contribution in [0.25, 0.3) is 0 Å². The monoisotopic (exact) mass is 584 g/mol. The minimum Gasteiger partial charge on any atom is -0.444 e. The Labute approximate surface area is 245 Å². The second kappa shape index (κ2) is 13.4. The zero-order valence-electron chi connectivity index (χ0n) is 24.5. The van der Waals surface area contributed by atoms with Crippen molar-refractivity contribution in [1.82, 2.24) is 16.0 Å². The molecule has 0 bridgehead atoms. The first-order valence-corrected chi connectivity index (χ1v) is 14.9. The maximum Gasteiger partial charge on any atom is 0.408 e. The van der Waals surface area contributed by atoms with E-state index in [2.05, 4.69) is 22.0 Å². The number of nitro groups is 1. The predicted molar refractivity (Wildman–Crippen MR) is 160 cm³/mol. The molecular formula is C30H40N4O6S. The first kappa shape index (κ1) is 31.9. The number of benzene rings is 2. The molecule has 222 valence electrons. The number of hydrogen-bond donors (Lipinski definition) is 3. The van der Waals surface area contributed by atoms with E-state index in [0.717, 1.165) is 24.8 Å². The molecule has 0 radical (unpaired) electrons. The van der Waals surface area contributed by atoms with Crippen LogP contribution in [0, 0.1) is 10.1 Å². The number of nitrogens with zero attached hydrogens (tertiary/aromatic N) is 1. The van der Waals surface area contributed by atoms with Gasteiger partial charge in [0, 0.05) is 23.3 Å². The Morgan fingerprint density at radius 1 is 1.02 bits per heavy atom. The first-order chi connectivity index (χ1) is 19.2. The Morgan fingerprint density at radius 3 is 2.29 bits per heavy atom. The van der Waals surface area contributed by atoms with Crippen molar-refractivity contribution in [3.63, 3.8) is 0 Å². The molecule has 41 heavy (non-hydrogen) atoms. The lowest BCUT2D eigenvalue weighted by Crippen LogP contribution is -2.60. The fraction of sp³-hybridized carbons (Fsp3) is 0.500. The molecule has 3 unspecified atom stereocenters. The normalized spacial score (nSPS) is 16.5. The Hall–Kier alpha value is -3.60. The molecule has 0 heterocycles. The molecule has 10 nitrogen and oxygen atoms in total. The maximum atomic E-state index is 13.7. The molecule has 0 saturated carbocycles. The smallest absolute Gasteiger partial charge is 0.408 e. The van der Waals surface area contributed by atoms with Gasteiger partial charge >= 0.3 is 6.09 Å². The van der Waals surface area contributed by atoms with Crippen molar-refractivity contribution in [1.29, 1.82) is 0 Å². The number of ether oxygens (including phenoxy) is 1. The number of nitrogens with one attached hydrogen (secondary N) is 3. The van der Waals surface area contributed by atoms with Gasteiger partial charge in [0.25, 0.3) is 5.69 Å². The molecule has 3 N–H and O–H groups in total. The number of aryl methyl sites for hydroxylation is 1. The Balaban J connectivity index is 1.87. The zero-order chi connectivity index (χ0) is 30.4. The van der Waals surface area contributed by atoms with Gasteiger partial charge in [0.05, 0.1) is 11.0 Å². The van der Waals surface area contributed by atoms with Crippen LogP contribution in [0.2, 0.25) is 0 Å².